The van der Waals surface area contributed by atoms with Crippen LogP contribution in [0.25, 0.3) is 0 Å². The van der Waals surface area contributed by atoms with E-state index in [0.29, 0.717) is 22.0 Å². The van der Waals surface area contributed by atoms with Crippen molar-refractivity contribution in [2.45, 2.75) is 19.4 Å². The monoisotopic (exact) mass is 387 g/mol. The first kappa shape index (κ1) is 18.9. The number of halogens is 1. The second-order valence-electron chi connectivity index (χ2n) is 6.05. The summed E-state index contributed by atoms with van der Waals surface area (Å²) in [5.74, 6) is -0.726. The van der Waals surface area contributed by atoms with E-state index in [2.05, 4.69) is 0 Å². The Hall–Kier alpha value is -2.86. The Kier molecular flexibility index (Phi) is 5.76. The van der Waals surface area contributed by atoms with E-state index >= 15 is 0 Å². The van der Waals surface area contributed by atoms with Gasteiger partial charge in [0.15, 0.2) is 6.10 Å². The summed E-state index contributed by atoms with van der Waals surface area (Å²) >= 11 is 5.81. The molecule has 0 fully saturated rings. The van der Waals surface area contributed by atoms with Crippen molar-refractivity contribution < 1.29 is 23.9 Å². The minimum atomic E-state index is -0.979. The summed E-state index contributed by atoms with van der Waals surface area (Å²) in [5, 5.41) is 0.511. The lowest BCUT2D eigenvalue weighted by molar-refractivity contribution is -0.145. The van der Waals surface area contributed by atoms with E-state index < -0.39 is 12.1 Å². The van der Waals surface area contributed by atoms with Gasteiger partial charge in [-0.05, 0) is 43.3 Å². The third kappa shape index (κ3) is 4.46. The summed E-state index contributed by atoms with van der Waals surface area (Å²) in [6.07, 6.45) is -0.825. The topological polar surface area (TPSA) is 72.9 Å². The van der Waals surface area contributed by atoms with Crippen LogP contribution < -0.4 is 9.64 Å². The number of carbonyl (C=O) groups is 3. The molecule has 0 aliphatic carbocycles. The van der Waals surface area contributed by atoms with Gasteiger partial charge in [0.2, 0.25) is 11.7 Å². The molecular weight excluding hydrogens is 370 g/mol. The minimum absolute atomic E-state index is 0.154. The van der Waals surface area contributed by atoms with Crippen molar-refractivity contribution in [3.05, 3.63) is 59.1 Å². The SMILES string of the molecule is C[C@@H](OC(=O)CN1C(=O)CCOc2ccccc21)C(=O)c1ccc(Cl)cc1. The molecule has 6 nitrogen and oxygen atoms in total. The molecule has 0 bridgehead atoms. The van der Waals surface area contributed by atoms with Crippen molar-refractivity contribution in [3.63, 3.8) is 0 Å². The summed E-state index contributed by atoms with van der Waals surface area (Å²) in [6.45, 7) is 1.44. The van der Waals surface area contributed by atoms with Gasteiger partial charge in [-0.3, -0.25) is 19.3 Å². The van der Waals surface area contributed by atoms with Gasteiger partial charge in [0.1, 0.15) is 12.3 Å². The number of rotatable bonds is 5. The molecule has 1 aliphatic rings. The standard InChI is InChI=1S/C20H18ClNO5/c1-13(20(25)14-6-8-15(21)9-7-14)27-19(24)12-22-16-4-2-3-5-17(16)26-11-10-18(22)23/h2-9,13H,10-12H2,1H3/t13-/m1/s1. The zero-order valence-corrected chi connectivity index (χ0v) is 15.4. The van der Waals surface area contributed by atoms with Gasteiger partial charge in [0.05, 0.1) is 18.7 Å². The number of ether oxygens (including phenoxy) is 2. The number of esters is 1. The van der Waals surface area contributed by atoms with E-state index in [-0.39, 0.29) is 31.3 Å². The molecule has 0 saturated heterocycles. The van der Waals surface area contributed by atoms with Crippen LogP contribution in [0.15, 0.2) is 48.5 Å². The van der Waals surface area contributed by atoms with Crippen molar-refractivity contribution in [3.8, 4) is 5.75 Å². The van der Waals surface area contributed by atoms with Crippen molar-refractivity contribution in [2.75, 3.05) is 18.1 Å². The first-order valence-corrected chi connectivity index (χ1v) is 8.85. The van der Waals surface area contributed by atoms with Crippen LogP contribution in [0.2, 0.25) is 5.02 Å². The maximum atomic E-state index is 12.4. The quantitative estimate of drug-likeness (QED) is 0.581. The van der Waals surface area contributed by atoms with Crippen LogP contribution in [0.1, 0.15) is 23.7 Å². The number of ketones is 1. The van der Waals surface area contributed by atoms with Crippen molar-refractivity contribution in [2.24, 2.45) is 0 Å². The Labute approximate surface area is 161 Å². The average Bonchev–Trinajstić information content (AvgIpc) is 2.81. The number of amides is 1. The number of anilines is 1. The number of nitrogens with zero attached hydrogens (tertiary/aromatic N) is 1. The molecule has 0 spiro atoms. The Morgan fingerprint density at radius 2 is 1.89 bits per heavy atom. The van der Waals surface area contributed by atoms with Crippen molar-refractivity contribution in [1.82, 2.24) is 0 Å². The van der Waals surface area contributed by atoms with Gasteiger partial charge in [0.25, 0.3) is 0 Å². The third-order valence-electron chi connectivity index (χ3n) is 4.12. The largest absolute Gasteiger partial charge is 0.491 e. The highest BCUT2D eigenvalue weighted by atomic mass is 35.5. The predicted molar refractivity (Wildman–Crippen MR) is 100 cm³/mol. The van der Waals surface area contributed by atoms with Crippen molar-refractivity contribution in [1.29, 1.82) is 0 Å². The number of hydrogen-bond donors (Lipinski definition) is 0. The molecule has 2 aromatic carbocycles. The molecule has 0 N–H and O–H groups in total. The Morgan fingerprint density at radius 3 is 2.63 bits per heavy atom. The fourth-order valence-electron chi connectivity index (χ4n) is 2.76. The maximum Gasteiger partial charge on any atom is 0.326 e. The van der Waals surface area contributed by atoms with Crippen molar-refractivity contribution >= 4 is 34.9 Å². The lowest BCUT2D eigenvalue weighted by atomic mass is 10.1. The molecule has 2 aromatic rings. The number of para-hydroxylation sites is 2. The minimum Gasteiger partial charge on any atom is -0.491 e. The second kappa shape index (κ2) is 8.22. The third-order valence-corrected chi connectivity index (χ3v) is 4.38. The highest BCUT2D eigenvalue weighted by molar-refractivity contribution is 6.30. The van der Waals surface area contributed by atoms with E-state index in [4.69, 9.17) is 21.1 Å². The van der Waals surface area contributed by atoms with Crippen LogP contribution in [0.5, 0.6) is 5.75 Å². The van der Waals surface area contributed by atoms with Crippen LogP contribution in [0.4, 0.5) is 5.69 Å². The summed E-state index contributed by atoms with van der Waals surface area (Å²) < 4.78 is 10.8. The zero-order chi connectivity index (χ0) is 19.4. The fraction of sp³-hybridized carbons (Fsp3) is 0.250. The first-order chi connectivity index (χ1) is 13.0. The number of fused-ring (bicyclic) bond motifs is 1. The molecule has 7 heteroatoms. The van der Waals surface area contributed by atoms with E-state index in [1.807, 2.05) is 0 Å². The number of carbonyl (C=O) groups excluding carboxylic acids is 3. The molecule has 0 unspecified atom stereocenters. The molecule has 1 atom stereocenters. The van der Waals surface area contributed by atoms with E-state index in [9.17, 15) is 14.4 Å². The smallest absolute Gasteiger partial charge is 0.326 e. The summed E-state index contributed by atoms with van der Waals surface area (Å²) in [7, 11) is 0. The summed E-state index contributed by atoms with van der Waals surface area (Å²) in [4.78, 5) is 38.4. The molecule has 0 radical (unpaired) electrons. The highest BCUT2D eigenvalue weighted by Crippen LogP contribution is 2.30. The molecule has 140 valence electrons. The van der Waals surface area contributed by atoms with Crippen LogP contribution in [-0.2, 0) is 14.3 Å². The maximum absolute atomic E-state index is 12.4. The van der Waals surface area contributed by atoms with Crippen LogP contribution in [0.3, 0.4) is 0 Å². The van der Waals surface area contributed by atoms with Gasteiger partial charge in [-0.1, -0.05) is 23.7 Å². The molecule has 1 aliphatic heterocycles. The molecule has 3 rings (SSSR count). The van der Waals surface area contributed by atoms with Gasteiger partial charge in [-0.15, -0.1) is 0 Å². The van der Waals surface area contributed by atoms with E-state index in [0.717, 1.165) is 0 Å². The zero-order valence-electron chi connectivity index (χ0n) is 14.7. The van der Waals surface area contributed by atoms with Crippen LogP contribution in [-0.4, -0.2) is 36.9 Å². The van der Waals surface area contributed by atoms with Gasteiger partial charge in [-0.2, -0.15) is 0 Å². The van der Waals surface area contributed by atoms with Crippen LogP contribution >= 0.6 is 11.6 Å². The Morgan fingerprint density at radius 1 is 1.19 bits per heavy atom. The summed E-state index contributed by atoms with van der Waals surface area (Å²) in [6, 6.07) is 13.3. The normalized spacial score (nSPS) is 14.6. The van der Waals surface area contributed by atoms with Gasteiger partial charge in [0, 0.05) is 10.6 Å². The molecular formula is C20H18ClNO5. The van der Waals surface area contributed by atoms with Gasteiger partial charge in [-0.25, -0.2) is 0 Å². The highest BCUT2D eigenvalue weighted by Gasteiger charge is 2.27. The number of Topliss-reactive ketones (excluding diaryl/α,β-unsaturated/α-hetero) is 1. The number of hydrogen-bond acceptors (Lipinski definition) is 5. The van der Waals surface area contributed by atoms with Crippen LogP contribution in [0, 0.1) is 0 Å². The Bertz CT molecular complexity index is 865. The molecule has 0 saturated carbocycles. The molecule has 0 aromatic heterocycles. The second-order valence-corrected chi connectivity index (χ2v) is 6.49. The predicted octanol–water partition coefficient (Wildman–Crippen LogP) is 3.27. The lowest BCUT2D eigenvalue weighted by Gasteiger charge is -2.22. The fourth-order valence-corrected chi connectivity index (χ4v) is 2.89. The average molecular weight is 388 g/mol. The lowest BCUT2D eigenvalue weighted by Crippen LogP contribution is -2.38. The molecule has 1 heterocycles. The Balaban J connectivity index is 1.68. The van der Waals surface area contributed by atoms with E-state index in [1.165, 1.54) is 11.8 Å². The van der Waals surface area contributed by atoms with E-state index in [1.54, 1.807) is 48.5 Å². The molecule has 1 amide bonds. The van der Waals surface area contributed by atoms with Gasteiger partial charge >= 0.3 is 5.97 Å². The van der Waals surface area contributed by atoms with Gasteiger partial charge < -0.3 is 9.47 Å². The number of benzene rings is 2. The molecule has 27 heavy (non-hydrogen) atoms. The first-order valence-electron chi connectivity index (χ1n) is 8.47. The summed E-state index contributed by atoms with van der Waals surface area (Å²) in [5.41, 5.74) is 0.901.